The minimum absolute atomic E-state index is 0.126. The van der Waals surface area contributed by atoms with E-state index in [4.69, 9.17) is 0 Å². The molecule has 1 aliphatic rings. The number of hydrogen-bond acceptors (Lipinski definition) is 4. The summed E-state index contributed by atoms with van der Waals surface area (Å²) in [7, 11) is 0. The Morgan fingerprint density at radius 1 is 0.900 bits per heavy atom. The normalized spacial score (nSPS) is 14.4. The van der Waals surface area contributed by atoms with Crippen molar-refractivity contribution in [2.75, 3.05) is 0 Å². The van der Waals surface area contributed by atoms with Crippen LogP contribution in [0.3, 0.4) is 0 Å². The zero-order chi connectivity index (χ0) is 14.3. The Hall–Kier alpha value is -2.82. The van der Waals surface area contributed by atoms with Crippen LogP contribution in [0.2, 0.25) is 0 Å². The van der Waals surface area contributed by atoms with Gasteiger partial charge in [0.25, 0.3) is 5.69 Å². The van der Waals surface area contributed by atoms with Gasteiger partial charge < -0.3 is 0 Å². The minimum atomic E-state index is -0.965. The number of nitro benzene ring substituents is 1. The van der Waals surface area contributed by atoms with E-state index in [9.17, 15) is 19.7 Å². The van der Waals surface area contributed by atoms with Gasteiger partial charge in [-0.05, 0) is 5.56 Å². The topological polar surface area (TPSA) is 77.3 Å². The fourth-order valence-electron chi connectivity index (χ4n) is 2.46. The standard InChI is InChI=1S/C15H9NO4/c17-14-11-6-1-2-7-12(11)15(18)13(14)9-4-3-5-10(8-9)16(19)20/h1-8,13H. The highest BCUT2D eigenvalue weighted by Gasteiger charge is 2.39. The first-order valence-corrected chi connectivity index (χ1v) is 6.01. The molecule has 5 nitrogen and oxygen atoms in total. The first kappa shape index (κ1) is 12.2. The number of hydrogen-bond donors (Lipinski definition) is 0. The van der Waals surface area contributed by atoms with Crippen LogP contribution in [0.1, 0.15) is 32.2 Å². The number of non-ortho nitro benzene ring substituents is 1. The van der Waals surface area contributed by atoms with Crippen LogP contribution in [0.25, 0.3) is 0 Å². The molecule has 0 bridgehead atoms. The third kappa shape index (κ3) is 1.72. The molecule has 0 amide bonds. The molecule has 0 spiro atoms. The van der Waals surface area contributed by atoms with Gasteiger partial charge in [0.05, 0.1) is 4.92 Å². The molecule has 20 heavy (non-hydrogen) atoms. The average molecular weight is 267 g/mol. The summed E-state index contributed by atoms with van der Waals surface area (Å²) < 4.78 is 0. The smallest absolute Gasteiger partial charge is 0.269 e. The van der Waals surface area contributed by atoms with Crippen molar-refractivity contribution in [2.24, 2.45) is 0 Å². The number of fused-ring (bicyclic) bond motifs is 1. The molecule has 0 aromatic heterocycles. The quantitative estimate of drug-likeness (QED) is 0.476. The Bertz CT molecular complexity index is 716. The summed E-state index contributed by atoms with van der Waals surface area (Å²) >= 11 is 0. The number of nitrogens with zero attached hydrogens (tertiary/aromatic N) is 1. The highest BCUT2D eigenvalue weighted by molar-refractivity contribution is 6.29. The third-order valence-electron chi connectivity index (χ3n) is 3.40. The Morgan fingerprint density at radius 3 is 2.05 bits per heavy atom. The van der Waals surface area contributed by atoms with Gasteiger partial charge in [0.1, 0.15) is 5.92 Å². The molecule has 0 heterocycles. The number of nitro groups is 1. The summed E-state index contributed by atoms with van der Waals surface area (Å²) in [6.07, 6.45) is 0. The molecule has 5 heteroatoms. The number of carbonyl (C=O) groups is 2. The van der Waals surface area contributed by atoms with E-state index in [0.29, 0.717) is 16.7 Å². The molecule has 0 aliphatic heterocycles. The first-order chi connectivity index (χ1) is 9.59. The van der Waals surface area contributed by atoms with Gasteiger partial charge in [0, 0.05) is 23.3 Å². The summed E-state index contributed by atoms with van der Waals surface area (Å²) in [5, 5.41) is 10.8. The number of Topliss-reactive ketones (excluding diaryl/α,β-unsaturated/α-hetero) is 2. The van der Waals surface area contributed by atoms with E-state index in [2.05, 4.69) is 0 Å². The van der Waals surface area contributed by atoms with Gasteiger partial charge in [0.15, 0.2) is 11.6 Å². The van der Waals surface area contributed by atoms with E-state index in [-0.39, 0.29) is 17.3 Å². The van der Waals surface area contributed by atoms with Gasteiger partial charge in [-0.2, -0.15) is 0 Å². The summed E-state index contributed by atoms with van der Waals surface area (Å²) in [6.45, 7) is 0. The van der Waals surface area contributed by atoms with Crippen molar-refractivity contribution in [3.63, 3.8) is 0 Å². The lowest BCUT2D eigenvalue weighted by atomic mass is 9.94. The van der Waals surface area contributed by atoms with Crippen LogP contribution >= 0.6 is 0 Å². The Labute approximate surface area is 114 Å². The van der Waals surface area contributed by atoms with Gasteiger partial charge in [-0.1, -0.05) is 36.4 Å². The molecule has 0 saturated heterocycles. The van der Waals surface area contributed by atoms with Crippen LogP contribution in [0.5, 0.6) is 0 Å². The fourth-order valence-corrected chi connectivity index (χ4v) is 2.46. The number of ketones is 2. The van der Waals surface area contributed by atoms with Crippen molar-refractivity contribution in [1.29, 1.82) is 0 Å². The molecule has 0 atom stereocenters. The Balaban J connectivity index is 2.09. The van der Waals surface area contributed by atoms with E-state index in [0.717, 1.165) is 0 Å². The maximum Gasteiger partial charge on any atom is 0.269 e. The van der Waals surface area contributed by atoms with Crippen LogP contribution in [-0.4, -0.2) is 16.5 Å². The largest absolute Gasteiger partial charge is 0.293 e. The average Bonchev–Trinajstić information content (AvgIpc) is 2.72. The van der Waals surface area contributed by atoms with Crippen molar-refractivity contribution in [2.45, 2.75) is 5.92 Å². The zero-order valence-electron chi connectivity index (χ0n) is 10.3. The van der Waals surface area contributed by atoms with E-state index in [1.807, 2.05) is 0 Å². The van der Waals surface area contributed by atoms with Crippen molar-refractivity contribution in [1.82, 2.24) is 0 Å². The summed E-state index contributed by atoms with van der Waals surface area (Å²) in [5.41, 5.74) is 1.01. The van der Waals surface area contributed by atoms with E-state index < -0.39 is 10.8 Å². The van der Waals surface area contributed by atoms with Crippen LogP contribution in [0.4, 0.5) is 5.69 Å². The number of carbonyl (C=O) groups excluding carboxylic acids is 2. The van der Waals surface area contributed by atoms with Crippen molar-refractivity contribution < 1.29 is 14.5 Å². The van der Waals surface area contributed by atoms with E-state index in [1.165, 1.54) is 18.2 Å². The molecule has 0 N–H and O–H groups in total. The first-order valence-electron chi connectivity index (χ1n) is 6.01. The number of rotatable bonds is 2. The zero-order valence-corrected chi connectivity index (χ0v) is 10.3. The second-order valence-corrected chi connectivity index (χ2v) is 4.56. The lowest BCUT2D eigenvalue weighted by Crippen LogP contribution is -2.12. The molecule has 0 radical (unpaired) electrons. The highest BCUT2D eigenvalue weighted by Crippen LogP contribution is 2.34. The molecule has 0 fully saturated rings. The van der Waals surface area contributed by atoms with E-state index >= 15 is 0 Å². The molecule has 2 aromatic carbocycles. The van der Waals surface area contributed by atoms with Crippen molar-refractivity contribution in [3.8, 4) is 0 Å². The van der Waals surface area contributed by atoms with Gasteiger partial charge in [-0.15, -0.1) is 0 Å². The maximum atomic E-state index is 12.3. The van der Waals surface area contributed by atoms with Crippen molar-refractivity contribution >= 4 is 17.3 Å². The predicted octanol–water partition coefficient (Wildman–Crippen LogP) is 2.76. The van der Waals surface area contributed by atoms with Crippen LogP contribution in [0.15, 0.2) is 48.5 Å². The van der Waals surface area contributed by atoms with Crippen LogP contribution in [-0.2, 0) is 0 Å². The summed E-state index contributed by atoms with van der Waals surface area (Å²) in [6, 6.07) is 12.3. The maximum absolute atomic E-state index is 12.3. The van der Waals surface area contributed by atoms with Crippen LogP contribution < -0.4 is 0 Å². The summed E-state index contributed by atoms with van der Waals surface area (Å²) in [4.78, 5) is 34.8. The van der Waals surface area contributed by atoms with Gasteiger partial charge in [-0.25, -0.2) is 0 Å². The molecule has 2 aromatic rings. The summed E-state index contributed by atoms with van der Waals surface area (Å²) in [5.74, 6) is -1.57. The molecule has 0 unspecified atom stereocenters. The van der Waals surface area contributed by atoms with Gasteiger partial charge >= 0.3 is 0 Å². The third-order valence-corrected chi connectivity index (χ3v) is 3.40. The lowest BCUT2D eigenvalue weighted by molar-refractivity contribution is -0.384. The molecule has 1 aliphatic carbocycles. The second kappa shape index (κ2) is 4.38. The van der Waals surface area contributed by atoms with Gasteiger partial charge in [0.2, 0.25) is 0 Å². The monoisotopic (exact) mass is 267 g/mol. The number of benzene rings is 2. The van der Waals surface area contributed by atoms with Gasteiger partial charge in [-0.3, -0.25) is 19.7 Å². The highest BCUT2D eigenvalue weighted by atomic mass is 16.6. The lowest BCUT2D eigenvalue weighted by Gasteiger charge is -2.06. The fraction of sp³-hybridized carbons (Fsp3) is 0.0667. The van der Waals surface area contributed by atoms with Crippen LogP contribution in [0, 0.1) is 10.1 Å². The SMILES string of the molecule is O=C1c2ccccc2C(=O)C1c1cccc([N+](=O)[O-])c1. The Morgan fingerprint density at radius 2 is 1.50 bits per heavy atom. The molecular formula is C15H9NO4. The van der Waals surface area contributed by atoms with E-state index in [1.54, 1.807) is 30.3 Å². The minimum Gasteiger partial charge on any atom is -0.293 e. The van der Waals surface area contributed by atoms with Crippen molar-refractivity contribution in [3.05, 3.63) is 75.3 Å². The molecule has 0 saturated carbocycles. The molecular weight excluding hydrogens is 258 g/mol. The Kier molecular flexibility index (Phi) is 2.68. The second-order valence-electron chi connectivity index (χ2n) is 4.56. The molecule has 3 rings (SSSR count). The molecule has 98 valence electrons. The predicted molar refractivity (Wildman–Crippen MR) is 70.9 cm³/mol.